The van der Waals surface area contributed by atoms with Gasteiger partial charge < -0.3 is 0 Å². The van der Waals surface area contributed by atoms with Gasteiger partial charge in [-0.25, -0.2) is 0 Å². The molecule has 0 saturated heterocycles. The summed E-state index contributed by atoms with van der Waals surface area (Å²) in [5.41, 5.74) is 0.587. The van der Waals surface area contributed by atoms with Gasteiger partial charge in [-0.1, -0.05) is 41.5 Å². The first kappa shape index (κ1) is 14.8. The molecule has 0 radical (unpaired) electrons. The molecule has 0 aromatic rings. The molecule has 0 spiro atoms. The topological polar surface area (TPSA) is 0 Å². The van der Waals surface area contributed by atoms with E-state index in [1.54, 1.807) is 0 Å². The highest BCUT2D eigenvalue weighted by Gasteiger charge is 2.47. The molecule has 0 heterocycles. The molecule has 0 amide bonds. The van der Waals surface area contributed by atoms with Crippen LogP contribution in [0.1, 0.15) is 67.2 Å². The average molecular weight is 261 g/mol. The van der Waals surface area contributed by atoms with Crippen LogP contribution in [0.4, 0.5) is 0 Å². The standard InChI is InChI=1S/C14H28S2/c1-11(2,3)14(16)8-7-13(6,15)9-12(4,5)10-14/h15-16H,7-10H2,1-6H3. The summed E-state index contributed by atoms with van der Waals surface area (Å²) in [5, 5.41) is 0. The smallest absolute Gasteiger partial charge is 0.0183 e. The van der Waals surface area contributed by atoms with E-state index in [4.69, 9.17) is 25.3 Å². The maximum absolute atomic E-state index is 5.06. The van der Waals surface area contributed by atoms with Crippen LogP contribution in [0, 0.1) is 10.8 Å². The molecule has 16 heavy (non-hydrogen) atoms. The van der Waals surface area contributed by atoms with Gasteiger partial charge in [-0.05, 0) is 36.5 Å². The van der Waals surface area contributed by atoms with Gasteiger partial charge in [0.15, 0.2) is 0 Å². The molecule has 2 unspecified atom stereocenters. The van der Waals surface area contributed by atoms with E-state index in [2.05, 4.69) is 41.5 Å². The Morgan fingerprint density at radius 2 is 1.38 bits per heavy atom. The van der Waals surface area contributed by atoms with Gasteiger partial charge in [-0.3, -0.25) is 0 Å². The van der Waals surface area contributed by atoms with Crippen molar-refractivity contribution in [3.05, 3.63) is 0 Å². The second-order valence-corrected chi connectivity index (χ2v) is 9.73. The second-order valence-electron chi connectivity index (χ2n) is 7.80. The maximum Gasteiger partial charge on any atom is 0.0183 e. The molecule has 1 fully saturated rings. The molecule has 0 aliphatic heterocycles. The highest BCUT2D eigenvalue weighted by molar-refractivity contribution is 7.82. The lowest BCUT2D eigenvalue weighted by Crippen LogP contribution is -2.40. The molecule has 2 heteroatoms. The van der Waals surface area contributed by atoms with Gasteiger partial charge in [0.25, 0.3) is 0 Å². The van der Waals surface area contributed by atoms with Crippen LogP contribution >= 0.6 is 25.3 Å². The van der Waals surface area contributed by atoms with Crippen LogP contribution in [-0.4, -0.2) is 9.49 Å². The van der Waals surface area contributed by atoms with E-state index in [1.165, 1.54) is 25.7 Å². The Bertz CT molecular complexity index is 260. The lowest BCUT2D eigenvalue weighted by Gasteiger charge is -2.44. The first-order valence-corrected chi connectivity index (χ1v) is 7.21. The molecule has 0 aromatic heterocycles. The minimum absolute atomic E-state index is 0.136. The predicted molar refractivity (Wildman–Crippen MR) is 80.8 cm³/mol. The van der Waals surface area contributed by atoms with Gasteiger partial charge >= 0.3 is 0 Å². The van der Waals surface area contributed by atoms with E-state index < -0.39 is 0 Å². The lowest BCUT2D eigenvalue weighted by atomic mass is 9.70. The Morgan fingerprint density at radius 1 is 0.875 bits per heavy atom. The normalized spacial score (nSPS) is 40.5. The average Bonchev–Trinajstić information content (AvgIpc) is 2.02. The van der Waals surface area contributed by atoms with Crippen LogP contribution in [0.15, 0.2) is 0 Å². The van der Waals surface area contributed by atoms with Gasteiger partial charge in [-0.2, -0.15) is 25.3 Å². The van der Waals surface area contributed by atoms with Gasteiger partial charge in [0.2, 0.25) is 0 Å². The Morgan fingerprint density at radius 3 is 1.81 bits per heavy atom. The quantitative estimate of drug-likeness (QED) is 0.445. The van der Waals surface area contributed by atoms with E-state index in [1.807, 2.05) is 0 Å². The van der Waals surface area contributed by atoms with Gasteiger partial charge in [0.05, 0.1) is 0 Å². The van der Waals surface area contributed by atoms with Crippen molar-refractivity contribution < 1.29 is 0 Å². The summed E-state index contributed by atoms with van der Waals surface area (Å²) >= 11 is 9.90. The predicted octanol–water partition coefficient (Wildman–Crippen LogP) is 4.99. The molecule has 0 aromatic carbocycles. The highest BCUT2D eigenvalue weighted by Crippen LogP contribution is 2.54. The summed E-state index contributed by atoms with van der Waals surface area (Å²) < 4.78 is 0.302. The fraction of sp³-hybridized carbons (Fsp3) is 1.00. The zero-order chi connectivity index (χ0) is 12.8. The summed E-state index contributed by atoms with van der Waals surface area (Å²) in [6, 6.07) is 0. The van der Waals surface area contributed by atoms with Crippen molar-refractivity contribution in [1.82, 2.24) is 0 Å². The van der Waals surface area contributed by atoms with Crippen molar-refractivity contribution in [3.63, 3.8) is 0 Å². The monoisotopic (exact) mass is 260 g/mol. The van der Waals surface area contributed by atoms with E-state index in [0.717, 1.165) is 0 Å². The van der Waals surface area contributed by atoms with Crippen LogP contribution in [0.3, 0.4) is 0 Å². The van der Waals surface area contributed by atoms with Crippen molar-refractivity contribution in [2.75, 3.05) is 0 Å². The fourth-order valence-electron chi connectivity index (χ4n) is 3.18. The summed E-state index contributed by atoms with van der Waals surface area (Å²) in [4.78, 5) is 0. The molecular weight excluding hydrogens is 232 g/mol. The molecule has 1 saturated carbocycles. The highest BCUT2D eigenvalue weighted by atomic mass is 32.1. The number of hydrogen-bond donors (Lipinski definition) is 2. The molecule has 0 N–H and O–H groups in total. The summed E-state index contributed by atoms with van der Waals surface area (Å²) in [5.74, 6) is 0. The van der Waals surface area contributed by atoms with Gasteiger partial charge in [0, 0.05) is 9.49 Å². The zero-order valence-electron chi connectivity index (χ0n) is 11.7. The Labute approximate surface area is 113 Å². The molecule has 2 atom stereocenters. The van der Waals surface area contributed by atoms with Crippen molar-refractivity contribution in [1.29, 1.82) is 0 Å². The number of thiol groups is 2. The van der Waals surface area contributed by atoms with E-state index >= 15 is 0 Å². The van der Waals surface area contributed by atoms with Gasteiger partial charge in [0.1, 0.15) is 0 Å². The molecule has 1 aliphatic carbocycles. The number of rotatable bonds is 0. The van der Waals surface area contributed by atoms with Crippen LogP contribution in [0.5, 0.6) is 0 Å². The zero-order valence-corrected chi connectivity index (χ0v) is 13.5. The molecule has 0 nitrogen and oxygen atoms in total. The third kappa shape index (κ3) is 3.35. The van der Waals surface area contributed by atoms with Crippen LogP contribution < -0.4 is 0 Å². The SMILES string of the molecule is CC1(C)CC(C)(S)CCC(S)(C(C)(C)C)C1. The molecule has 0 bridgehead atoms. The largest absolute Gasteiger partial charge is 0.173 e. The first-order chi connectivity index (χ1) is 6.87. The van der Waals surface area contributed by atoms with Crippen LogP contribution in [-0.2, 0) is 0 Å². The van der Waals surface area contributed by atoms with Gasteiger partial charge in [-0.15, -0.1) is 0 Å². The summed E-state index contributed by atoms with van der Waals surface area (Å²) in [6.45, 7) is 14.0. The fourth-order valence-corrected chi connectivity index (χ4v) is 4.26. The van der Waals surface area contributed by atoms with E-state index in [0.29, 0.717) is 5.41 Å². The third-order valence-electron chi connectivity index (χ3n) is 4.10. The second kappa shape index (κ2) is 4.12. The first-order valence-electron chi connectivity index (χ1n) is 6.32. The van der Waals surface area contributed by atoms with Crippen molar-refractivity contribution in [2.45, 2.75) is 76.7 Å². The maximum atomic E-state index is 5.06. The van der Waals surface area contributed by atoms with Crippen molar-refractivity contribution in [2.24, 2.45) is 10.8 Å². The molecule has 1 rings (SSSR count). The molecule has 96 valence electrons. The van der Waals surface area contributed by atoms with Crippen molar-refractivity contribution >= 4 is 25.3 Å². The molecular formula is C14H28S2. The van der Waals surface area contributed by atoms with Crippen LogP contribution in [0.25, 0.3) is 0 Å². The lowest BCUT2D eigenvalue weighted by molar-refractivity contribution is 0.190. The Balaban J connectivity index is 3.02. The number of hydrogen-bond acceptors (Lipinski definition) is 2. The molecule has 1 aliphatic rings. The minimum atomic E-state index is 0.136. The third-order valence-corrected chi connectivity index (χ3v) is 5.54. The Hall–Kier alpha value is 0.700. The van der Waals surface area contributed by atoms with E-state index in [9.17, 15) is 0 Å². The summed E-state index contributed by atoms with van der Waals surface area (Å²) in [6.07, 6.45) is 4.70. The minimum Gasteiger partial charge on any atom is -0.173 e. The Kier molecular flexibility index (Phi) is 3.80. The van der Waals surface area contributed by atoms with Crippen LogP contribution in [0.2, 0.25) is 0 Å². The van der Waals surface area contributed by atoms with Crippen molar-refractivity contribution in [3.8, 4) is 0 Å². The van der Waals surface area contributed by atoms with E-state index in [-0.39, 0.29) is 14.9 Å². The summed E-state index contributed by atoms with van der Waals surface area (Å²) in [7, 11) is 0.